The van der Waals surface area contributed by atoms with E-state index in [0.717, 1.165) is 19.8 Å². The van der Waals surface area contributed by atoms with Crippen molar-refractivity contribution in [2.75, 3.05) is 26.4 Å². The van der Waals surface area contributed by atoms with E-state index in [1.807, 2.05) is 37.3 Å². The Morgan fingerprint density at radius 1 is 0.681 bits per heavy atom. The van der Waals surface area contributed by atoms with E-state index in [2.05, 4.69) is 51.8 Å². The summed E-state index contributed by atoms with van der Waals surface area (Å²) in [7, 11) is 0. The van der Waals surface area contributed by atoms with Gasteiger partial charge in [0.15, 0.2) is 0 Å². The average Bonchev–Trinajstić information content (AvgIpc) is 2.96. The summed E-state index contributed by atoms with van der Waals surface area (Å²) >= 11 is 12.7. The van der Waals surface area contributed by atoms with Crippen molar-refractivity contribution < 1.29 is 38.0 Å². The van der Waals surface area contributed by atoms with E-state index in [4.69, 9.17) is 40.0 Å². The van der Waals surface area contributed by atoms with Gasteiger partial charge in [-0.15, -0.1) is 0 Å². The molecule has 2 aromatic carbocycles. The molecule has 0 saturated carbocycles. The molecule has 0 amide bonds. The third-order valence-corrected chi connectivity index (χ3v) is 6.60. The van der Waals surface area contributed by atoms with Crippen LogP contribution < -0.4 is 9.47 Å². The van der Waals surface area contributed by atoms with E-state index in [9.17, 15) is 9.59 Å². The van der Waals surface area contributed by atoms with Crippen molar-refractivity contribution in [3.8, 4) is 11.8 Å². The van der Waals surface area contributed by atoms with Crippen molar-refractivity contribution >= 4 is 77.6 Å². The van der Waals surface area contributed by atoms with E-state index in [1.54, 1.807) is 47.6 Å². The molecule has 0 bridgehead atoms. The van der Waals surface area contributed by atoms with Gasteiger partial charge in [0.05, 0.1) is 21.8 Å². The number of benzene rings is 2. The lowest BCUT2D eigenvalue weighted by Crippen LogP contribution is -2.25. The number of ether oxygens (including phenoxy) is 6. The number of aryl methyl sites for hydroxylation is 1. The first kappa shape index (κ1) is 38.0. The summed E-state index contributed by atoms with van der Waals surface area (Å²) in [5.41, 5.74) is 0.299. The maximum Gasteiger partial charge on any atom is 0.508 e. The molecule has 254 valence electrons. The first-order valence-electron chi connectivity index (χ1n) is 14.6. The van der Waals surface area contributed by atoms with Crippen LogP contribution in [0.3, 0.4) is 0 Å². The molecule has 0 radical (unpaired) electrons. The van der Waals surface area contributed by atoms with E-state index in [0.29, 0.717) is 34.9 Å². The molecule has 0 N–H and O–H groups in total. The lowest BCUT2D eigenvalue weighted by Gasteiger charge is -2.18. The van der Waals surface area contributed by atoms with Crippen LogP contribution >= 0.6 is 43.5 Å². The Morgan fingerprint density at radius 3 is 1.57 bits per heavy atom. The van der Waals surface area contributed by atoms with Gasteiger partial charge in [-0.1, -0.05) is 38.8 Å². The Labute approximate surface area is 295 Å². The zero-order valence-electron chi connectivity index (χ0n) is 27.2. The predicted octanol–water partition coefficient (Wildman–Crippen LogP) is 8.66. The van der Waals surface area contributed by atoms with Gasteiger partial charge in [-0.25, -0.2) is 19.6 Å². The molecule has 0 unspecified atom stereocenters. The van der Waals surface area contributed by atoms with Crippen LogP contribution in [0.1, 0.15) is 54.3 Å². The highest BCUT2D eigenvalue weighted by Crippen LogP contribution is 2.28. The third kappa shape index (κ3) is 13.3. The Kier molecular flexibility index (Phi) is 13.8. The van der Waals surface area contributed by atoms with Gasteiger partial charge in [0.25, 0.3) is 0 Å². The molecule has 0 aliphatic rings. The summed E-state index contributed by atoms with van der Waals surface area (Å²) < 4.78 is 33.0. The summed E-state index contributed by atoms with van der Waals surface area (Å²) in [5.74, 6) is 1.51. The van der Waals surface area contributed by atoms with E-state index in [1.165, 1.54) is 0 Å². The van der Waals surface area contributed by atoms with Crippen LogP contribution in [0.2, 0.25) is 5.28 Å². The third-order valence-electron chi connectivity index (χ3n) is 5.44. The second-order valence-electron chi connectivity index (χ2n) is 11.7. The minimum atomic E-state index is -0.741. The standard InChI is InChI=1S/C17H21BrN2O4.C15H16BrClN2O4/c1-5-14-19-13-7-6-11(18)10-12(13)15(20-14)22-8-9-23-16(21)24-17(2,3)4;1-15(2,3)23-14(20)22-7-6-21-12-10-8-9(16)4-5-11(10)18-13(17)19-12/h6-7,10H,5,8-9H2,1-4H3;4-5,8H,6-7H2,1-3H3. The minimum Gasteiger partial charge on any atom is -0.474 e. The minimum absolute atomic E-state index is 0.0338. The fourth-order valence-corrected chi connectivity index (χ4v) is 4.52. The summed E-state index contributed by atoms with van der Waals surface area (Å²) in [6.45, 7) is 13.0. The largest absolute Gasteiger partial charge is 0.508 e. The van der Waals surface area contributed by atoms with E-state index >= 15 is 0 Å². The number of aromatic nitrogens is 4. The van der Waals surface area contributed by atoms with Gasteiger partial charge < -0.3 is 28.4 Å². The zero-order valence-corrected chi connectivity index (χ0v) is 31.1. The predicted molar refractivity (Wildman–Crippen MR) is 184 cm³/mol. The first-order chi connectivity index (χ1) is 22.0. The SMILES string of the molecule is CC(C)(C)OC(=O)OCCOc1nc(Cl)nc2ccc(Br)cc12.CCc1nc(OCCOC(=O)OC(C)(C)C)c2cc(Br)ccc2n1. The van der Waals surface area contributed by atoms with Crippen LogP contribution in [0.5, 0.6) is 11.8 Å². The van der Waals surface area contributed by atoms with Gasteiger partial charge >= 0.3 is 12.3 Å². The van der Waals surface area contributed by atoms with Crippen molar-refractivity contribution in [3.05, 3.63) is 56.5 Å². The number of hydrogen-bond acceptors (Lipinski definition) is 12. The average molecular weight is 801 g/mol. The van der Waals surface area contributed by atoms with Gasteiger partial charge in [0, 0.05) is 15.4 Å². The number of rotatable bonds is 9. The quantitative estimate of drug-likeness (QED) is 0.0909. The molecule has 15 heteroatoms. The monoisotopic (exact) mass is 798 g/mol. The molecule has 2 heterocycles. The topological polar surface area (TPSA) is 141 Å². The number of carbonyl (C=O) groups is 2. The van der Waals surface area contributed by atoms with E-state index in [-0.39, 0.29) is 31.7 Å². The number of nitrogens with zero attached hydrogens (tertiary/aromatic N) is 4. The number of hydrogen-bond donors (Lipinski definition) is 0. The maximum atomic E-state index is 11.5. The van der Waals surface area contributed by atoms with E-state index < -0.39 is 23.5 Å². The Bertz CT molecular complexity index is 1700. The van der Waals surface area contributed by atoms with Gasteiger partial charge in [-0.05, 0) is 89.5 Å². The second-order valence-corrected chi connectivity index (χ2v) is 13.9. The lowest BCUT2D eigenvalue weighted by molar-refractivity contribution is -0.0125. The molecule has 0 atom stereocenters. The highest BCUT2D eigenvalue weighted by molar-refractivity contribution is 9.10. The number of fused-ring (bicyclic) bond motifs is 2. The molecule has 0 spiro atoms. The summed E-state index contributed by atoms with van der Waals surface area (Å²) in [5, 5.41) is 1.60. The van der Waals surface area contributed by atoms with Crippen molar-refractivity contribution in [1.29, 1.82) is 0 Å². The molecule has 47 heavy (non-hydrogen) atoms. The fraction of sp³-hybridized carbons (Fsp3) is 0.438. The Hall–Kier alpha value is -3.49. The number of carbonyl (C=O) groups excluding carboxylic acids is 2. The van der Waals surface area contributed by atoms with Crippen molar-refractivity contribution in [3.63, 3.8) is 0 Å². The summed E-state index contributed by atoms with van der Waals surface area (Å²) in [4.78, 5) is 40.0. The van der Waals surface area contributed by atoms with Crippen LogP contribution in [0, 0.1) is 0 Å². The molecule has 0 fully saturated rings. The highest BCUT2D eigenvalue weighted by Gasteiger charge is 2.18. The Morgan fingerprint density at radius 2 is 1.13 bits per heavy atom. The second kappa shape index (κ2) is 17.1. The fourth-order valence-electron chi connectivity index (χ4n) is 3.63. The molecule has 12 nitrogen and oxygen atoms in total. The molecular formula is C32H37Br2ClN4O8. The normalized spacial score (nSPS) is 11.4. The number of halogens is 3. The molecule has 0 aliphatic heterocycles. The summed E-state index contributed by atoms with van der Waals surface area (Å²) in [6, 6.07) is 11.2. The van der Waals surface area contributed by atoms with Gasteiger partial charge in [-0.2, -0.15) is 9.97 Å². The lowest BCUT2D eigenvalue weighted by atomic mass is 10.2. The molecule has 4 aromatic rings. The Balaban J connectivity index is 0.000000256. The van der Waals surface area contributed by atoms with Crippen LogP contribution in [-0.2, 0) is 25.4 Å². The van der Waals surface area contributed by atoms with Gasteiger partial charge in [-0.3, -0.25) is 0 Å². The smallest absolute Gasteiger partial charge is 0.474 e. The van der Waals surface area contributed by atoms with Crippen molar-refractivity contribution in [2.45, 2.75) is 66.1 Å². The molecule has 0 saturated heterocycles. The van der Waals surface area contributed by atoms with Crippen LogP contribution in [0.15, 0.2) is 45.3 Å². The van der Waals surface area contributed by atoms with Crippen LogP contribution in [-0.4, -0.2) is 69.9 Å². The van der Waals surface area contributed by atoms with Gasteiger partial charge in [0.2, 0.25) is 17.0 Å². The molecular weight excluding hydrogens is 764 g/mol. The molecule has 2 aromatic heterocycles. The van der Waals surface area contributed by atoms with Crippen molar-refractivity contribution in [2.24, 2.45) is 0 Å². The maximum absolute atomic E-state index is 11.5. The molecule has 0 aliphatic carbocycles. The van der Waals surface area contributed by atoms with Crippen molar-refractivity contribution in [1.82, 2.24) is 19.9 Å². The van der Waals surface area contributed by atoms with Crippen LogP contribution in [0.4, 0.5) is 9.59 Å². The zero-order chi connectivity index (χ0) is 34.8. The van der Waals surface area contributed by atoms with Crippen LogP contribution in [0.25, 0.3) is 21.8 Å². The highest BCUT2D eigenvalue weighted by atomic mass is 79.9. The summed E-state index contributed by atoms with van der Waals surface area (Å²) in [6.07, 6.45) is -0.749. The van der Waals surface area contributed by atoms with Gasteiger partial charge in [0.1, 0.15) is 43.5 Å². The molecule has 4 rings (SSSR count). The first-order valence-corrected chi connectivity index (χ1v) is 16.6.